The number of thioether (sulfide) groups is 1. The number of amides is 1. The van der Waals surface area contributed by atoms with Crippen molar-refractivity contribution in [1.29, 1.82) is 0 Å². The highest BCUT2D eigenvalue weighted by Gasteiger charge is 2.17. The van der Waals surface area contributed by atoms with Gasteiger partial charge in [-0.2, -0.15) is 0 Å². The van der Waals surface area contributed by atoms with Gasteiger partial charge in [-0.15, -0.1) is 10.2 Å². The number of carbonyl (C=O) groups is 1. The summed E-state index contributed by atoms with van der Waals surface area (Å²) in [7, 11) is 0. The maximum atomic E-state index is 12.9. The third-order valence-electron chi connectivity index (χ3n) is 6.03. The van der Waals surface area contributed by atoms with E-state index in [2.05, 4.69) is 98.7 Å². The molecule has 35 heavy (non-hydrogen) atoms. The minimum Gasteiger partial charge on any atom is -0.345 e. The lowest BCUT2D eigenvalue weighted by Gasteiger charge is -2.19. The number of aryl methyl sites for hydroxylation is 2. The Hall–Kier alpha value is -3.38. The summed E-state index contributed by atoms with van der Waals surface area (Å²) >= 11 is 1.65. The van der Waals surface area contributed by atoms with Gasteiger partial charge in [0.05, 0.1) is 6.54 Å². The van der Waals surface area contributed by atoms with E-state index in [9.17, 15) is 4.79 Å². The highest BCUT2D eigenvalue weighted by molar-refractivity contribution is 7.98. The molecule has 3 aromatic carbocycles. The van der Waals surface area contributed by atoms with Crippen molar-refractivity contribution in [2.24, 2.45) is 0 Å². The maximum absolute atomic E-state index is 12.9. The average Bonchev–Trinajstić information content (AvgIpc) is 3.25. The van der Waals surface area contributed by atoms with Crippen LogP contribution in [-0.4, -0.2) is 20.7 Å². The normalized spacial score (nSPS) is 11.5. The van der Waals surface area contributed by atoms with Crippen molar-refractivity contribution in [1.82, 2.24) is 20.1 Å². The molecule has 0 fully saturated rings. The SMILES string of the molecule is Cc1ccc(-n2c(CNC(=O)c3ccc(C(C)(C)C)cc3)nnc2SCc2ccccc2C)cc1. The molecule has 4 rings (SSSR count). The van der Waals surface area contributed by atoms with E-state index < -0.39 is 0 Å². The van der Waals surface area contributed by atoms with Gasteiger partial charge in [-0.1, -0.05) is 86.6 Å². The fraction of sp³-hybridized carbons (Fsp3) is 0.276. The lowest BCUT2D eigenvalue weighted by molar-refractivity contribution is 0.0949. The van der Waals surface area contributed by atoms with Gasteiger partial charge < -0.3 is 5.32 Å². The Morgan fingerprint density at radius 2 is 1.60 bits per heavy atom. The molecule has 0 bridgehead atoms. The molecule has 0 atom stereocenters. The minimum absolute atomic E-state index is 0.0474. The summed E-state index contributed by atoms with van der Waals surface area (Å²) in [4.78, 5) is 12.9. The number of hydrogen-bond acceptors (Lipinski definition) is 4. The van der Waals surface area contributed by atoms with Crippen molar-refractivity contribution in [2.45, 2.75) is 57.5 Å². The second-order valence-corrected chi connectivity index (χ2v) is 10.7. The standard InChI is InChI=1S/C29H32N4OS/c1-20-10-16-25(17-11-20)33-26(31-32-28(33)35-19-23-9-7-6-8-21(23)2)18-30-27(34)22-12-14-24(15-13-22)29(3,4)5/h6-17H,18-19H2,1-5H3,(H,30,34). The fourth-order valence-electron chi connectivity index (χ4n) is 3.76. The molecule has 4 aromatic rings. The molecule has 180 valence electrons. The molecule has 1 heterocycles. The molecule has 0 saturated heterocycles. The van der Waals surface area contributed by atoms with Crippen molar-refractivity contribution >= 4 is 17.7 Å². The molecular weight excluding hydrogens is 452 g/mol. The van der Waals surface area contributed by atoms with Crippen molar-refractivity contribution in [3.8, 4) is 5.69 Å². The zero-order chi connectivity index (χ0) is 25.0. The molecular formula is C29H32N4OS. The third kappa shape index (κ3) is 6.01. The molecule has 0 spiro atoms. The third-order valence-corrected chi connectivity index (χ3v) is 7.01. The van der Waals surface area contributed by atoms with Crippen LogP contribution in [0.15, 0.2) is 78.0 Å². The van der Waals surface area contributed by atoms with Crippen LogP contribution in [-0.2, 0) is 17.7 Å². The van der Waals surface area contributed by atoms with Crippen LogP contribution in [0.4, 0.5) is 0 Å². The summed E-state index contributed by atoms with van der Waals surface area (Å²) < 4.78 is 2.03. The smallest absolute Gasteiger partial charge is 0.251 e. The molecule has 0 unspecified atom stereocenters. The Balaban J connectivity index is 1.54. The lowest BCUT2D eigenvalue weighted by Crippen LogP contribution is -2.25. The summed E-state index contributed by atoms with van der Waals surface area (Å²) in [6, 6.07) is 24.4. The molecule has 1 amide bonds. The van der Waals surface area contributed by atoms with Gasteiger partial charge in [0.1, 0.15) is 0 Å². The zero-order valence-electron chi connectivity index (χ0n) is 21.0. The van der Waals surface area contributed by atoms with E-state index >= 15 is 0 Å². The highest BCUT2D eigenvalue weighted by Crippen LogP contribution is 2.27. The van der Waals surface area contributed by atoms with Crippen LogP contribution in [0.2, 0.25) is 0 Å². The molecule has 0 aliphatic rings. The number of benzene rings is 3. The van der Waals surface area contributed by atoms with Crippen LogP contribution in [0.25, 0.3) is 5.69 Å². The summed E-state index contributed by atoms with van der Waals surface area (Å²) in [5.41, 5.74) is 6.57. The molecule has 0 radical (unpaired) electrons. The van der Waals surface area contributed by atoms with E-state index in [4.69, 9.17) is 0 Å². The first-order chi connectivity index (χ1) is 16.7. The Labute approximate surface area is 212 Å². The van der Waals surface area contributed by atoms with E-state index in [1.165, 1.54) is 22.3 Å². The molecule has 0 aliphatic carbocycles. The predicted octanol–water partition coefficient (Wildman–Crippen LogP) is 6.40. The van der Waals surface area contributed by atoms with E-state index in [-0.39, 0.29) is 17.9 Å². The van der Waals surface area contributed by atoms with Crippen LogP contribution in [0.1, 0.15) is 59.2 Å². The van der Waals surface area contributed by atoms with Gasteiger partial charge in [-0.25, -0.2) is 0 Å². The first-order valence-electron chi connectivity index (χ1n) is 11.8. The molecule has 5 nitrogen and oxygen atoms in total. The topological polar surface area (TPSA) is 59.8 Å². The van der Waals surface area contributed by atoms with Gasteiger partial charge in [0, 0.05) is 17.0 Å². The second kappa shape index (κ2) is 10.5. The largest absolute Gasteiger partial charge is 0.345 e. The number of nitrogens with zero attached hydrogens (tertiary/aromatic N) is 3. The molecule has 1 N–H and O–H groups in total. The Morgan fingerprint density at radius 3 is 2.26 bits per heavy atom. The van der Waals surface area contributed by atoms with Crippen LogP contribution < -0.4 is 5.32 Å². The van der Waals surface area contributed by atoms with Gasteiger partial charge >= 0.3 is 0 Å². The van der Waals surface area contributed by atoms with Gasteiger partial charge in [0.2, 0.25) is 0 Å². The van der Waals surface area contributed by atoms with Crippen LogP contribution >= 0.6 is 11.8 Å². The van der Waals surface area contributed by atoms with Gasteiger partial charge in [-0.3, -0.25) is 9.36 Å². The van der Waals surface area contributed by atoms with Crippen LogP contribution in [0, 0.1) is 13.8 Å². The first-order valence-corrected chi connectivity index (χ1v) is 12.8. The van der Waals surface area contributed by atoms with Crippen molar-refractivity contribution < 1.29 is 4.79 Å². The number of carbonyl (C=O) groups excluding carboxylic acids is 1. The van der Waals surface area contributed by atoms with Crippen molar-refractivity contribution in [3.05, 3.63) is 106 Å². The number of hydrogen-bond donors (Lipinski definition) is 1. The van der Waals surface area contributed by atoms with Crippen molar-refractivity contribution in [2.75, 3.05) is 0 Å². The number of rotatable bonds is 7. The number of aromatic nitrogens is 3. The first kappa shape index (κ1) is 24.7. The van der Waals surface area contributed by atoms with Gasteiger partial charge in [-0.05, 0) is 60.2 Å². The quantitative estimate of drug-likeness (QED) is 0.308. The second-order valence-electron chi connectivity index (χ2n) is 9.79. The zero-order valence-corrected chi connectivity index (χ0v) is 21.8. The number of nitrogens with one attached hydrogen (secondary N) is 1. The van der Waals surface area contributed by atoms with E-state index in [1.54, 1.807) is 11.8 Å². The van der Waals surface area contributed by atoms with E-state index in [0.717, 1.165) is 16.6 Å². The maximum Gasteiger partial charge on any atom is 0.251 e. The molecule has 0 aliphatic heterocycles. The predicted molar refractivity (Wildman–Crippen MR) is 143 cm³/mol. The lowest BCUT2D eigenvalue weighted by atomic mass is 9.87. The van der Waals surface area contributed by atoms with Crippen LogP contribution in [0.3, 0.4) is 0 Å². The highest BCUT2D eigenvalue weighted by atomic mass is 32.2. The minimum atomic E-state index is -0.127. The summed E-state index contributed by atoms with van der Waals surface area (Å²) in [5, 5.41) is 12.7. The van der Waals surface area contributed by atoms with Gasteiger partial charge in [0.15, 0.2) is 11.0 Å². The molecule has 6 heteroatoms. The van der Waals surface area contributed by atoms with E-state index in [1.807, 2.05) is 28.8 Å². The van der Waals surface area contributed by atoms with Crippen molar-refractivity contribution in [3.63, 3.8) is 0 Å². The summed E-state index contributed by atoms with van der Waals surface area (Å²) in [6.07, 6.45) is 0. The average molecular weight is 485 g/mol. The van der Waals surface area contributed by atoms with Gasteiger partial charge in [0.25, 0.3) is 5.91 Å². The summed E-state index contributed by atoms with van der Waals surface area (Å²) in [6.45, 7) is 11.0. The van der Waals surface area contributed by atoms with Crippen LogP contribution in [0.5, 0.6) is 0 Å². The van der Waals surface area contributed by atoms with E-state index in [0.29, 0.717) is 11.4 Å². The summed E-state index contributed by atoms with van der Waals surface area (Å²) in [5.74, 6) is 1.36. The fourth-order valence-corrected chi connectivity index (χ4v) is 4.81. The monoisotopic (exact) mass is 484 g/mol. The Morgan fingerprint density at radius 1 is 0.914 bits per heavy atom. The Bertz CT molecular complexity index is 1300. The molecule has 0 saturated carbocycles. The Kier molecular flexibility index (Phi) is 7.41. The molecule has 1 aromatic heterocycles.